The van der Waals surface area contributed by atoms with Crippen molar-refractivity contribution in [3.05, 3.63) is 0 Å². The second-order valence-corrected chi connectivity index (χ2v) is 5.54. The molecule has 1 saturated heterocycles. The van der Waals surface area contributed by atoms with Crippen molar-refractivity contribution >= 4 is 5.91 Å². The molecule has 1 N–H and O–H groups in total. The van der Waals surface area contributed by atoms with Gasteiger partial charge in [0.25, 0.3) is 0 Å². The van der Waals surface area contributed by atoms with Gasteiger partial charge < -0.3 is 10.0 Å². The lowest BCUT2D eigenvalue weighted by Gasteiger charge is -2.35. The van der Waals surface area contributed by atoms with Gasteiger partial charge in [-0.2, -0.15) is 0 Å². The average molecular weight is 225 g/mol. The fourth-order valence-corrected chi connectivity index (χ4v) is 2.92. The molecule has 0 aromatic carbocycles. The highest BCUT2D eigenvalue weighted by molar-refractivity contribution is 5.79. The van der Waals surface area contributed by atoms with Gasteiger partial charge in [-0.1, -0.05) is 6.92 Å². The van der Waals surface area contributed by atoms with Crippen molar-refractivity contribution < 1.29 is 9.90 Å². The molecule has 0 unspecified atom stereocenters. The maximum atomic E-state index is 12.2. The van der Waals surface area contributed by atoms with Gasteiger partial charge in [0.05, 0.1) is 6.10 Å². The van der Waals surface area contributed by atoms with Gasteiger partial charge in [-0.3, -0.25) is 4.79 Å². The first-order chi connectivity index (χ1) is 7.66. The van der Waals surface area contributed by atoms with Gasteiger partial charge in [0.15, 0.2) is 0 Å². The highest BCUT2D eigenvalue weighted by Crippen LogP contribution is 2.30. The van der Waals surface area contributed by atoms with Crippen molar-refractivity contribution in [3.63, 3.8) is 0 Å². The summed E-state index contributed by atoms with van der Waals surface area (Å²) >= 11 is 0. The van der Waals surface area contributed by atoms with E-state index < -0.39 is 0 Å². The number of amides is 1. The Hall–Kier alpha value is -0.570. The minimum Gasteiger partial charge on any atom is -0.391 e. The summed E-state index contributed by atoms with van der Waals surface area (Å²) in [4.78, 5) is 14.1. The fourth-order valence-electron chi connectivity index (χ4n) is 2.92. The van der Waals surface area contributed by atoms with Crippen LogP contribution in [0.4, 0.5) is 0 Å². The number of rotatable bonds is 1. The topological polar surface area (TPSA) is 40.5 Å². The van der Waals surface area contributed by atoms with Crippen LogP contribution >= 0.6 is 0 Å². The van der Waals surface area contributed by atoms with Crippen LogP contribution < -0.4 is 0 Å². The zero-order valence-corrected chi connectivity index (χ0v) is 10.2. The Balaban J connectivity index is 1.86. The first kappa shape index (κ1) is 11.9. The van der Waals surface area contributed by atoms with Gasteiger partial charge in [-0.15, -0.1) is 0 Å². The predicted octanol–water partition coefficient (Wildman–Crippen LogP) is 1.80. The van der Waals surface area contributed by atoms with Gasteiger partial charge in [0.1, 0.15) is 0 Å². The number of hydrogen-bond acceptors (Lipinski definition) is 2. The monoisotopic (exact) mass is 225 g/mol. The van der Waals surface area contributed by atoms with Crippen LogP contribution in [-0.4, -0.2) is 35.1 Å². The molecule has 0 spiro atoms. The number of aliphatic hydroxyl groups is 1. The van der Waals surface area contributed by atoms with E-state index in [1.807, 2.05) is 4.90 Å². The average Bonchev–Trinajstić information content (AvgIpc) is 2.29. The Morgan fingerprint density at radius 3 is 2.50 bits per heavy atom. The summed E-state index contributed by atoms with van der Waals surface area (Å²) in [7, 11) is 0. The van der Waals surface area contributed by atoms with Crippen molar-refractivity contribution in [1.29, 1.82) is 0 Å². The summed E-state index contributed by atoms with van der Waals surface area (Å²) in [6.45, 7) is 3.68. The molecule has 1 heterocycles. The SMILES string of the molecule is CC1CCC(C(=O)N2CCC[C@H](O)C2)CC1. The van der Waals surface area contributed by atoms with E-state index in [1.54, 1.807) is 0 Å². The Bertz CT molecular complexity index is 246. The maximum Gasteiger partial charge on any atom is 0.225 e. The van der Waals surface area contributed by atoms with Gasteiger partial charge in [0.2, 0.25) is 5.91 Å². The highest BCUT2D eigenvalue weighted by atomic mass is 16.3. The largest absolute Gasteiger partial charge is 0.391 e. The lowest BCUT2D eigenvalue weighted by molar-refractivity contribution is -0.139. The second-order valence-electron chi connectivity index (χ2n) is 5.54. The summed E-state index contributed by atoms with van der Waals surface area (Å²) in [6, 6.07) is 0. The minimum atomic E-state index is -0.291. The van der Waals surface area contributed by atoms with Crippen LogP contribution in [-0.2, 0) is 4.79 Å². The Labute approximate surface area is 97.8 Å². The molecular weight excluding hydrogens is 202 g/mol. The highest BCUT2D eigenvalue weighted by Gasteiger charge is 2.30. The molecule has 1 aliphatic carbocycles. The van der Waals surface area contributed by atoms with Gasteiger partial charge >= 0.3 is 0 Å². The number of β-amino-alcohol motifs (C(OH)–C–C–N with tert-alkyl or cyclic N) is 1. The molecule has 2 rings (SSSR count). The number of carbonyl (C=O) groups is 1. The molecule has 92 valence electrons. The summed E-state index contributed by atoms with van der Waals surface area (Å²) in [5, 5.41) is 9.58. The van der Waals surface area contributed by atoms with Gasteiger partial charge in [0, 0.05) is 19.0 Å². The molecule has 0 radical (unpaired) electrons. The standard InChI is InChI=1S/C13H23NO2/c1-10-4-6-11(7-5-10)13(16)14-8-2-3-12(15)9-14/h10-12,15H,2-9H2,1H3/t10?,11?,12-/m0/s1. The van der Waals surface area contributed by atoms with E-state index >= 15 is 0 Å². The molecule has 3 nitrogen and oxygen atoms in total. The summed E-state index contributed by atoms with van der Waals surface area (Å²) in [5.41, 5.74) is 0. The van der Waals surface area contributed by atoms with Gasteiger partial charge in [-0.05, 0) is 44.4 Å². The normalized spacial score (nSPS) is 36.1. The lowest BCUT2D eigenvalue weighted by atomic mass is 9.82. The van der Waals surface area contributed by atoms with E-state index in [0.717, 1.165) is 38.1 Å². The van der Waals surface area contributed by atoms with E-state index in [4.69, 9.17) is 0 Å². The number of piperidine rings is 1. The van der Waals surface area contributed by atoms with Crippen LogP contribution in [0.2, 0.25) is 0 Å². The number of nitrogens with zero attached hydrogens (tertiary/aromatic N) is 1. The summed E-state index contributed by atoms with van der Waals surface area (Å²) < 4.78 is 0. The third kappa shape index (κ3) is 2.76. The molecule has 0 aromatic rings. The first-order valence-electron chi connectivity index (χ1n) is 6.63. The lowest BCUT2D eigenvalue weighted by Crippen LogP contribution is -2.45. The van der Waals surface area contributed by atoms with Crippen molar-refractivity contribution in [2.45, 2.75) is 51.6 Å². The zero-order valence-electron chi connectivity index (χ0n) is 10.2. The Morgan fingerprint density at radius 1 is 1.19 bits per heavy atom. The van der Waals surface area contributed by atoms with E-state index in [-0.39, 0.29) is 12.0 Å². The third-order valence-corrected chi connectivity index (χ3v) is 4.07. The molecular formula is C13H23NO2. The van der Waals surface area contributed by atoms with Crippen molar-refractivity contribution in [3.8, 4) is 0 Å². The number of likely N-dealkylation sites (tertiary alicyclic amines) is 1. The number of carbonyl (C=O) groups excluding carboxylic acids is 1. The molecule has 0 bridgehead atoms. The fraction of sp³-hybridized carbons (Fsp3) is 0.923. The molecule has 0 aromatic heterocycles. The Kier molecular flexibility index (Phi) is 3.85. The zero-order chi connectivity index (χ0) is 11.5. The van der Waals surface area contributed by atoms with Crippen LogP contribution in [0.25, 0.3) is 0 Å². The molecule has 1 atom stereocenters. The third-order valence-electron chi connectivity index (χ3n) is 4.07. The minimum absolute atomic E-state index is 0.237. The molecule has 2 fully saturated rings. The molecule has 2 aliphatic rings. The number of hydrogen-bond donors (Lipinski definition) is 1. The van der Waals surface area contributed by atoms with Crippen LogP contribution in [0.5, 0.6) is 0 Å². The maximum absolute atomic E-state index is 12.2. The van der Waals surface area contributed by atoms with Gasteiger partial charge in [-0.25, -0.2) is 0 Å². The van der Waals surface area contributed by atoms with Crippen LogP contribution in [0.1, 0.15) is 45.4 Å². The summed E-state index contributed by atoms with van der Waals surface area (Å²) in [6.07, 6.45) is 5.99. The Morgan fingerprint density at radius 2 is 1.88 bits per heavy atom. The number of aliphatic hydroxyl groups excluding tert-OH is 1. The van der Waals surface area contributed by atoms with E-state index in [1.165, 1.54) is 12.8 Å². The molecule has 1 amide bonds. The molecule has 1 saturated carbocycles. The molecule has 1 aliphatic heterocycles. The first-order valence-corrected chi connectivity index (χ1v) is 6.63. The van der Waals surface area contributed by atoms with E-state index in [0.29, 0.717) is 12.5 Å². The van der Waals surface area contributed by atoms with E-state index in [9.17, 15) is 9.90 Å². The predicted molar refractivity (Wildman–Crippen MR) is 62.9 cm³/mol. The quantitative estimate of drug-likeness (QED) is 0.739. The van der Waals surface area contributed by atoms with Crippen molar-refractivity contribution in [2.75, 3.05) is 13.1 Å². The van der Waals surface area contributed by atoms with Crippen molar-refractivity contribution in [2.24, 2.45) is 11.8 Å². The molecule has 16 heavy (non-hydrogen) atoms. The van der Waals surface area contributed by atoms with Crippen molar-refractivity contribution in [1.82, 2.24) is 4.90 Å². The van der Waals surface area contributed by atoms with Crippen LogP contribution in [0, 0.1) is 11.8 Å². The van der Waals surface area contributed by atoms with Crippen LogP contribution in [0.3, 0.4) is 0 Å². The smallest absolute Gasteiger partial charge is 0.225 e. The second kappa shape index (κ2) is 5.17. The van der Waals surface area contributed by atoms with Crippen LogP contribution in [0.15, 0.2) is 0 Å². The molecule has 3 heteroatoms. The van der Waals surface area contributed by atoms with E-state index in [2.05, 4.69) is 6.92 Å². The summed E-state index contributed by atoms with van der Waals surface area (Å²) in [5.74, 6) is 1.32.